The second-order valence-corrected chi connectivity index (χ2v) is 5.17. The number of aromatic amines is 1. The van der Waals surface area contributed by atoms with Crippen LogP contribution in [-0.2, 0) is 16.4 Å². The molecule has 1 heterocycles. The van der Waals surface area contributed by atoms with Gasteiger partial charge in [-0.25, -0.2) is 4.98 Å². The monoisotopic (exact) mass is 251 g/mol. The zero-order valence-electron chi connectivity index (χ0n) is 9.34. The van der Waals surface area contributed by atoms with Gasteiger partial charge in [-0.15, -0.1) is 0 Å². The number of benzene rings is 1. The van der Waals surface area contributed by atoms with Gasteiger partial charge in [-0.2, -0.15) is 8.42 Å². The van der Waals surface area contributed by atoms with Gasteiger partial charge in [0, 0.05) is 12.1 Å². The number of aromatic nitrogens is 2. The molecule has 0 unspecified atom stereocenters. The first-order valence-corrected chi connectivity index (χ1v) is 6.72. The van der Waals surface area contributed by atoms with E-state index in [-0.39, 0.29) is 5.03 Å². The fourth-order valence-electron chi connectivity index (χ4n) is 1.38. The fourth-order valence-corrected chi connectivity index (χ4v) is 2.38. The van der Waals surface area contributed by atoms with Gasteiger partial charge in [0.1, 0.15) is 5.82 Å². The lowest BCUT2D eigenvalue weighted by atomic mass is 10.3. The van der Waals surface area contributed by atoms with Crippen molar-refractivity contribution in [3.8, 4) is 0 Å². The molecule has 0 atom stereocenters. The van der Waals surface area contributed by atoms with Crippen LogP contribution < -0.4 is 4.72 Å². The summed E-state index contributed by atoms with van der Waals surface area (Å²) in [6, 6.07) is 8.73. The van der Waals surface area contributed by atoms with Crippen molar-refractivity contribution in [2.75, 3.05) is 4.72 Å². The van der Waals surface area contributed by atoms with E-state index < -0.39 is 10.0 Å². The molecule has 17 heavy (non-hydrogen) atoms. The lowest BCUT2D eigenvalue weighted by Gasteiger charge is -2.05. The standard InChI is InChI=1S/C11H13N3O2S/c1-2-10-12-8-11(13-10)17(15,16)14-9-6-4-3-5-7-9/h3-8,14H,2H2,1H3,(H,12,13). The number of aryl methyl sites for hydroxylation is 1. The van der Waals surface area contributed by atoms with Gasteiger partial charge in [0.2, 0.25) is 0 Å². The Labute approximate surface area is 100.0 Å². The number of nitrogens with zero attached hydrogens (tertiary/aromatic N) is 1. The minimum absolute atomic E-state index is 0.0817. The number of rotatable bonds is 4. The average Bonchev–Trinajstić information content (AvgIpc) is 2.79. The first kappa shape index (κ1) is 11.7. The molecule has 0 saturated carbocycles. The van der Waals surface area contributed by atoms with Gasteiger partial charge in [-0.05, 0) is 12.1 Å². The van der Waals surface area contributed by atoms with Crippen molar-refractivity contribution in [3.05, 3.63) is 42.4 Å². The summed E-state index contributed by atoms with van der Waals surface area (Å²) in [6.45, 7) is 1.90. The number of anilines is 1. The van der Waals surface area contributed by atoms with Gasteiger partial charge in [-0.3, -0.25) is 4.72 Å². The van der Waals surface area contributed by atoms with E-state index in [2.05, 4.69) is 14.7 Å². The van der Waals surface area contributed by atoms with E-state index in [1.165, 1.54) is 6.20 Å². The zero-order chi connectivity index (χ0) is 12.3. The van der Waals surface area contributed by atoms with E-state index in [0.717, 1.165) is 0 Å². The molecule has 90 valence electrons. The predicted molar refractivity (Wildman–Crippen MR) is 65.2 cm³/mol. The van der Waals surface area contributed by atoms with Crippen molar-refractivity contribution in [2.45, 2.75) is 18.4 Å². The molecule has 5 nitrogen and oxygen atoms in total. The molecule has 0 aliphatic carbocycles. The topological polar surface area (TPSA) is 74.8 Å². The Morgan fingerprint density at radius 2 is 2.00 bits per heavy atom. The lowest BCUT2D eigenvalue weighted by Crippen LogP contribution is -2.13. The normalized spacial score (nSPS) is 11.4. The van der Waals surface area contributed by atoms with Crippen LogP contribution >= 0.6 is 0 Å². The number of imidazole rings is 1. The summed E-state index contributed by atoms with van der Waals surface area (Å²) in [7, 11) is -3.57. The summed E-state index contributed by atoms with van der Waals surface area (Å²) in [5.41, 5.74) is 0.528. The second-order valence-electron chi connectivity index (χ2n) is 3.52. The van der Waals surface area contributed by atoms with E-state index in [0.29, 0.717) is 17.9 Å². The molecule has 0 aliphatic heterocycles. The van der Waals surface area contributed by atoms with E-state index in [1.807, 2.05) is 13.0 Å². The molecule has 0 fully saturated rings. The van der Waals surface area contributed by atoms with Crippen LogP contribution in [0.2, 0.25) is 0 Å². The highest BCUT2D eigenvalue weighted by atomic mass is 32.2. The molecule has 2 aromatic rings. The second kappa shape index (κ2) is 4.58. The number of para-hydroxylation sites is 1. The number of hydrogen-bond donors (Lipinski definition) is 2. The average molecular weight is 251 g/mol. The van der Waals surface area contributed by atoms with Crippen LogP contribution in [0.25, 0.3) is 0 Å². The van der Waals surface area contributed by atoms with Gasteiger partial charge >= 0.3 is 0 Å². The van der Waals surface area contributed by atoms with E-state index in [1.54, 1.807) is 24.3 Å². The van der Waals surface area contributed by atoms with Crippen LogP contribution in [0, 0.1) is 0 Å². The molecule has 1 aromatic carbocycles. The molecule has 0 radical (unpaired) electrons. The van der Waals surface area contributed by atoms with Crippen molar-refractivity contribution < 1.29 is 8.42 Å². The summed E-state index contributed by atoms with van der Waals surface area (Å²) >= 11 is 0. The minimum atomic E-state index is -3.57. The highest BCUT2D eigenvalue weighted by molar-refractivity contribution is 7.92. The molecular formula is C11H13N3O2S. The van der Waals surface area contributed by atoms with Gasteiger partial charge in [0.25, 0.3) is 10.0 Å². The number of nitrogens with one attached hydrogen (secondary N) is 2. The maximum Gasteiger partial charge on any atom is 0.278 e. The van der Waals surface area contributed by atoms with Crippen LogP contribution in [0.3, 0.4) is 0 Å². The summed E-state index contributed by atoms with van der Waals surface area (Å²) in [4.78, 5) is 6.73. The highest BCUT2D eigenvalue weighted by Gasteiger charge is 2.16. The molecule has 0 aliphatic rings. The molecule has 2 N–H and O–H groups in total. The third-order valence-electron chi connectivity index (χ3n) is 2.26. The van der Waals surface area contributed by atoms with Crippen LogP contribution in [0.5, 0.6) is 0 Å². The minimum Gasteiger partial charge on any atom is -0.332 e. The first-order valence-electron chi connectivity index (χ1n) is 5.23. The molecule has 0 saturated heterocycles. The van der Waals surface area contributed by atoms with Gasteiger partial charge in [0.15, 0.2) is 5.03 Å². The van der Waals surface area contributed by atoms with Crippen LogP contribution in [-0.4, -0.2) is 18.4 Å². The van der Waals surface area contributed by atoms with Crippen molar-refractivity contribution in [3.63, 3.8) is 0 Å². The van der Waals surface area contributed by atoms with Crippen molar-refractivity contribution in [1.82, 2.24) is 9.97 Å². The summed E-state index contributed by atoms with van der Waals surface area (Å²) < 4.78 is 26.4. The predicted octanol–water partition coefficient (Wildman–Crippen LogP) is 1.77. The van der Waals surface area contributed by atoms with E-state index >= 15 is 0 Å². The zero-order valence-corrected chi connectivity index (χ0v) is 10.2. The van der Waals surface area contributed by atoms with E-state index in [4.69, 9.17) is 0 Å². The number of sulfonamides is 1. The third-order valence-corrected chi connectivity index (χ3v) is 3.55. The van der Waals surface area contributed by atoms with Crippen molar-refractivity contribution >= 4 is 15.7 Å². The summed E-state index contributed by atoms with van der Waals surface area (Å²) in [5.74, 6) is 0.651. The SMILES string of the molecule is CCc1ncc(S(=O)(=O)Nc2ccccc2)[nH]1. The Bertz CT molecular complexity index is 590. The Morgan fingerprint density at radius 3 is 2.59 bits per heavy atom. The van der Waals surface area contributed by atoms with Gasteiger partial charge in [0.05, 0.1) is 6.20 Å². The van der Waals surface area contributed by atoms with E-state index in [9.17, 15) is 8.42 Å². The molecule has 0 amide bonds. The van der Waals surface area contributed by atoms with Crippen LogP contribution in [0.15, 0.2) is 41.6 Å². The Balaban J connectivity index is 2.25. The third kappa shape index (κ3) is 2.65. The highest BCUT2D eigenvalue weighted by Crippen LogP contribution is 2.13. The summed E-state index contributed by atoms with van der Waals surface area (Å²) in [5, 5.41) is 0.0817. The van der Waals surface area contributed by atoms with Crippen molar-refractivity contribution in [1.29, 1.82) is 0 Å². The Morgan fingerprint density at radius 1 is 1.29 bits per heavy atom. The van der Waals surface area contributed by atoms with Crippen molar-refractivity contribution in [2.24, 2.45) is 0 Å². The molecule has 6 heteroatoms. The molecule has 0 spiro atoms. The molecule has 2 rings (SSSR count). The molecule has 0 bridgehead atoms. The molecule has 1 aromatic heterocycles. The Hall–Kier alpha value is -1.82. The Kier molecular flexibility index (Phi) is 3.14. The largest absolute Gasteiger partial charge is 0.332 e. The van der Waals surface area contributed by atoms with Crippen LogP contribution in [0.4, 0.5) is 5.69 Å². The maximum absolute atomic E-state index is 11.9. The number of hydrogen-bond acceptors (Lipinski definition) is 3. The van der Waals surface area contributed by atoms with Crippen LogP contribution in [0.1, 0.15) is 12.7 Å². The molecular weight excluding hydrogens is 238 g/mol. The maximum atomic E-state index is 11.9. The lowest BCUT2D eigenvalue weighted by molar-refractivity contribution is 0.598. The quantitative estimate of drug-likeness (QED) is 0.869. The number of H-pyrrole nitrogens is 1. The smallest absolute Gasteiger partial charge is 0.278 e. The fraction of sp³-hybridized carbons (Fsp3) is 0.182. The van der Waals surface area contributed by atoms with Gasteiger partial charge in [-0.1, -0.05) is 25.1 Å². The van der Waals surface area contributed by atoms with Gasteiger partial charge < -0.3 is 4.98 Å². The summed E-state index contributed by atoms with van der Waals surface area (Å²) in [6.07, 6.45) is 1.99. The first-order chi connectivity index (χ1) is 8.12.